The molecule has 0 atom stereocenters. The maximum absolute atomic E-state index is 5.47. The minimum Gasteiger partial charge on any atom is -0.437 e. The van der Waals surface area contributed by atoms with Crippen LogP contribution in [0.25, 0.3) is 17.2 Å². The van der Waals surface area contributed by atoms with Gasteiger partial charge in [-0.2, -0.15) is 0 Å². The fraction of sp³-hybridized carbons (Fsp3) is 0.182. The number of fused-ring (bicyclic) bond motifs is 1. The van der Waals surface area contributed by atoms with Crippen molar-refractivity contribution >= 4 is 17.2 Å². The minimum absolute atomic E-state index is 0.670. The quantitative estimate of drug-likeness (QED) is 0.662. The average Bonchev–Trinajstić information content (AvgIpc) is 2.46. The maximum Gasteiger partial charge on any atom is 0.219 e. The van der Waals surface area contributed by atoms with Crippen LogP contribution in [0.15, 0.2) is 28.7 Å². The molecule has 0 saturated heterocycles. The summed E-state index contributed by atoms with van der Waals surface area (Å²) < 4.78 is 5.47. The zero-order chi connectivity index (χ0) is 9.26. The molecule has 1 aromatic heterocycles. The number of rotatable bonds is 1. The topological polar surface area (TPSA) is 26.0 Å². The summed E-state index contributed by atoms with van der Waals surface area (Å²) in [5.41, 5.74) is 2.97. The summed E-state index contributed by atoms with van der Waals surface area (Å²) in [5, 5.41) is 0. The van der Waals surface area contributed by atoms with Gasteiger partial charge in [0.15, 0.2) is 5.58 Å². The van der Waals surface area contributed by atoms with Crippen molar-refractivity contribution in [2.75, 3.05) is 0 Å². The van der Waals surface area contributed by atoms with Gasteiger partial charge in [-0.1, -0.05) is 12.1 Å². The highest BCUT2D eigenvalue weighted by Gasteiger charge is 2.01. The molecule has 66 valence electrons. The number of benzene rings is 1. The Kier molecular flexibility index (Phi) is 1.89. The van der Waals surface area contributed by atoms with Crippen LogP contribution in [0.5, 0.6) is 0 Å². The molecule has 0 aliphatic rings. The van der Waals surface area contributed by atoms with Gasteiger partial charge in [0.2, 0.25) is 5.89 Å². The number of aryl methyl sites for hydroxylation is 1. The molecule has 13 heavy (non-hydrogen) atoms. The number of hydrogen-bond donors (Lipinski definition) is 0. The highest BCUT2D eigenvalue weighted by molar-refractivity contribution is 5.74. The fourth-order valence-corrected chi connectivity index (χ4v) is 1.27. The molecule has 2 aromatic rings. The smallest absolute Gasteiger partial charge is 0.219 e. The number of hydrogen-bond acceptors (Lipinski definition) is 2. The van der Waals surface area contributed by atoms with Gasteiger partial charge in [0.25, 0.3) is 0 Å². The van der Waals surface area contributed by atoms with Crippen LogP contribution < -0.4 is 0 Å². The first-order valence-electron chi connectivity index (χ1n) is 4.29. The van der Waals surface area contributed by atoms with Crippen LogP contribution in [0, 0.1) is 6.92 Å². The van der Waals surface area contributed by atoms with Gasteiger partial charge in [-0.15, -0.1) is 0 Å². The Balaban J connectivity index is 2.62. The second kappa shape index (κ2) is 3.05. The van der Waals surface area contributed by atoms with E-state index >= 15 is 0 Å². The van der Waals surface area contributed by atoms with E-state index in [4.69, 9.17) is 4.42 Å². The highest BCUT2D eigenvalue weighted by Crippen LogP contribution is 2.17. The summed E-state index contributed by atoms with van der Waals surface area (Å²) >= 11 is 0. The normalized spacial score (nSPS) is 11.5. The molecule has 2 rings (SSSR count). The lowest BCUT2D eigenvalue weighted by Crippen LogP contribution is -1.71. The monoisotopic (exact) mass is 173 g/mol. The van der Waals surface area contributed by atoms with Gasteiger partial charge in [-0.3, -0.25) is 0 Å². The number of oxazole rings is 1. The van der Waals surface area contributed by atoms with Crippen LogP contribution in [-0.2, 0) is 0 Å². The SMILES string of the molecule is CC=Cc1nc2cc(C)ccc2o1. The van der Waals surface area contributed by atoms with Gasteiger partial charge in [0, 0.05) is 0 Å². The van der Waals surface area contributed by atoms with Crippen LogP contribution in [0.2, 0.25) is 0 Å². The Morgan fingerprint density at radius 3 is 3.00 bits per heavy atom. The van der Waals surface area contributed by atoms with E-state index in [0.29, 0.717) is 5.89 Å². The second-order valence-corrected chi connectivity index (χ2v) is 3.02. The zero-order valence-electron chi connectivity index (χ0n) is 7.74. The molecule has 0 N–H and O–H groups in total. The molecule has 2 heteroatoms. The summed E-state index contributed by atoms with van der Waals surface area (Å²) in [6, 6.07) is 5.99. The number of allylic oxidation sites excluding steroid dienone is 1. The Morgan fingerprint density at radius 2 is 2.23 bits per heavy atom. The Morgan fingerprint density at radius 1 is 1.38 bits per heavy atom. The van der Waals surface area contributed by atoms with E-state index in [1.165, 1.54) is 5.56 Å². The van der Waals surface area contributed by atoms with Crippen molar-refractivity contribution in [3.63, 3.8) is 0 Å². The third-order valence-corrected chi connectivity index (χ3v) is 1.87. The molecule has 1 heterocycles. The average molecular weight is 173 g/mol. The molecule has 0 spiro atoms. The first-order valence-corrected chi connectivity index (χ1v) is 4.29. The van der Waals surface area contributed by atoms with Crippen molar-refractivity contribution in [3.8, 4) is 0 Å². The Bertz CT molecular complexity index is 454. The van der Waals surface area contributed by atoms with E-state index in [9.17, 15) is 0 Å². The van der Waals surface area contributed by atoms with Gasteiger partial charge in [0.1, 0.15) is 5.52 Å². The maximum atomic E-state index is 5.47. The van der Waals surface area contributed by atoms with Gasteiger partial charge in [0.05, 0.1) is 0 Å². The molecule has 1 aromatic carbocycles. The molecule has 0 unspecified atom stereocenters. The number of aromatic nitrogens is 1. The second-order valence-electron chi connectivity index (χ2n) is 3.02. The molecule has 0 saturated carbocycles. The lowest BCUT2D eigenvalue weighted by molar-refractivity contribution is 0.589. The summed E-state index contributed by atoms with van der Waals surface area (Å²) in [4.78, 5) is 4.31. The highest BCUT2D eigenvalue weighted by atomic mass is 16.3. The standard InChI is InChI=1S/C11H11NO/c1-3-4-11-12-9-7-8(2)5-6-10(9)13-11/h3-7H,1-2H3. The third-order valence-electron chi connectivity index (χ3n) is 1.87. The summed E-state index contributed by atoms with van der Waals surface area (Å²) in [7, 11) is 0. The van der Waals surface area contributed by atoms with Crippen molar-refractivity contribution in [2.24, 2.45) is 0 Å². The molecule has 0 bridgehead atoms. The van der Waals surface area contributed by atoms with Crippen molar-refractivity contribution in [1.82, 2.24) is 4.98 Å². The van der Waals surface area contributed by atoms with Gasteiger partial charge in [-0.25, -0.2) is 4.98 Å². The summed E-state index contributed by atoms with van der Waals surface area (Å²) in [6.45, 7) is 3.99. The lowest BCUT2D eigenvalue weighted by atomic mass is 10.2. The van der Waals surface area contributed by atoms with E-state index in [0.717, 1.165) is 11.1 Å². The predicted octanol–water partition coefficient (Wildman–Crippen LogP) is 3.17. The summed E-state index contributed by atoms with van der Waals surface area (Å²) in [6.07, 6.45) is 3.77. The van der Waals surface area contributed by atoms with E-state index in [1.807, 2.05) is 44.2 Å². The first kappa shape index (κ1) is 8.05. The molecular formula is C11H11NO. The van der Waals surface area contributed by atoms with E-state index < -0.39 is 0 Å². The van der Waals surface area contributed by atoms with E-state index in [1.54, 1.807) is 0 Å². The van der Waals surface area contributed by atoms with E-state index in [2.05, 4.69) is 4.98 Å². The van der Waals surface area contributed by atoms with E-state index in [-0.39, 0.29) is 0 Å². The lowest BCUT2D eigenvalue weighted by Gasteiger charge is -1.87. The zero-order valence-corrected chi connectivity index (χ0v) is 7.74. The number of nitrogens with zero attached hydrogens (tertiary/aromatic N) is 1. The Hall–Kier alpha value is -1.57. The van der Waals surface area contributed by atoms with Crippen LogP contribution in [0.3, 0.4) is 0 Å². The van der Waals surface area contributed by atoms with Crippen LogP contribution >= 0.6 is 0 Å². The van der Waals surface area contributed by atoms with Crippen LogP contribution in [-0.4, -0.2) is 4.98 Å². The van der Waals surface area contributed by atoms with Gasteiger partial charge < -0.3 is 4.42 Å². The molecular weight excluding hydrogens is 162 g/mol. The minimum atomic E-state index is 0.670. The molecule has 0 amide bonds. The van der Waals surface area contributed by atoms with Crippen LogP contribution in [0.4, 0.5) is 0 Å². The van der Waals surface area contributed by atoms with Crippen molar-refractivity contribution in [3.05, 3.63) is 35.7 Å². The molecule has 0 radical (unpaired) electrons. The third kappa shape index (κ3) is 1.47. The molecule has 0 aliphatic carbocycles. The largest absolute Gasteiger partial charge is 0.437 e. The summed E-state index contributed by atoms with van der Waals surface area (Å²) in [5.74, 6) is 0.670. The Labute approximate surface area is 76.9 Å². The predicted molar refractivity (Wildman–Crippen MR) is 53.5 cm³/mol. The van der Waals surface area contributed by atoms with Gasteiger partial charge >= 0.3 is 0 Å². The fourth-order valence-electron chi connectivity index (χ4n) is 1.27. The molecule has 2 nitrogen and oxygen atoms in total. The molecule has 0 aliphatic heterocycles. The first-order chi connectivity index (χ1) is 6.29. The van der Waals surface area contributed by atoms with Crippen molar-refractivity contribution < 1.29 is 4.42 Å². The van der Waals surface area contributed by atoms with Crippen LogP contribution in [0.1, 0.15) is 18.4 Å². The van der Waals surface area contributed by atoms with Gasteiger partial charge in [-0.05, 0) is 37.6 Å². The van der Waals surface area contributed by atoms with Crippen molar-refractivity contribution in [2.45, 2.75) is 13.8 Å². The molecule has 0 fully saturated rings. The van der Waals surface area contributed by atoms with Crippen molar-refractivity contribution in [1.29, 1.82) is 0 Å².